The van der Waals surface area contributed by atoms with Crippen LogP contribution in [0.3, 0.4) is 0 Å². The van der Waals surface area contributed by atoms with Crippen molar-refractivity contribution >= 4 is 10.9 Å². The third kappa shape index (κ3) is 2.27. The molecule has 1 aliphatic heterocycles. The van der Waals surface area contributed by atoms with Crippen LogP contribution in [0.1, 0.15) is 31.1 Å². The molecular formula is C17H18N4O. The molecule has 2 aromatic heterocycles. The number of hydrogen-bond donors (Lipinski definition) is 0. The van der Waals surface area contributed by atoms with Crippen LogP contribution in [-0.4, -0.2) is 26.4 Å². The molecule has 1 aliphatic rings. The smallest absolute Gasteiger partial charge is 0.150 e. The van der Waals surface area contributed by atoms with Crippen LogP contribution < -0.4 is 0 Å². The van der Waals surface area contributed by atoms with Gasteiger partial charge in [0.1, 0.15) is 0 Å². The van der Waals surface area contributed by atoms with Crippen LogP contribution in [0.25, 0.3) is 22.2 Å². The van der Waals surface area contributed by atoms with Crippen molar-refractivity contribution in [2.24, 2.45) is 0 Å². The Balaban J connectivity index is 1.80. The van der Waals surface area contributed by atoms with Crippen LogP contribution in [0.2, 0.25) is 0 Å². The monoisotopic (exact) mass is 294 g/mol. The van der Waals surface area contributed by atoms with Gasteiger partial charge >= 0.3 is 0 Å². The summed E-state index contributed by atoms with van der Waals surface area (Å²) in [5, 5.41) is 5.66. The third-order valence-corrected chi connectivity index (χ3v) is 4.21. The number of aromatic nitrogens is 4. The normalized spacial score (nSPS) is 18.7. The fourth-order valence-corrected chi connectivity index (χ4v) is 3.06. The largest absolute Gasteiger partial charge is 0.356 e. The van der Waals surface area contributed by atoms with Gasteiger partial charge in [-0.2, -0.15) is 5.10 Å². The van der Waals surface area contributed by atoms with Crippen molar-refractivity contribution in [1.29, 1.82) is 0 Å². The minimum atomic E-state index is 0.0630. The molecule has 1 atom stereocenters. The Morgan fingerprint density at radius 3 is 2.91 bits per heavy atom. The molecule has 5 heteroatoms. The lowest BCUT2D eigenvalue weighted by Crippen LogP contribution is -2.18. The van der Waals surface area contributed by atoms with E-state index in [1.807, 2.05) is 10.9 Å². The molecule has 1 unspecified atom stereocenters. The van der Waals surface area contributed by atoms with E-state index in [-0.39, 0.29) is 6.23 Å². The van der Waals surface area contributed by atoms with Gasteiger partial charge in [0.25, 0.3) is 0 Å². The molecule has 0 aliphatic carbocycles. The SMILES string of the molecule is Cc1cc2c(cnn2C2CCCCO2)cc1-c1cnccn1. The molecule has 0 saturated carbocycles. The highest BCUT2D eigenvalue weighted by atomic mass is 16.5. The van der Waals surface area contributed by atoms with Gasteiger partial charge in [0.05, 0.1) is 23.6 Å². The van der Waals surface area contributed by atoms with Gasteiger partial charge in [-0.1, -0.05) is 0 Å². The summed E-state index contributed by atoms with van der Waals surface area (Å²) in [5.41, 5.74) is 4.29. The molecule has 5 nitrogen and oxygen atoms in total. The zero-order valence-corrected chi connectivity index (χ0v) is 12.6. The molecule has 0 amide bonds. The molecule has 22 heavy (non-hydrogen) atoms. The van der Waals surface area contributed by atoms with Crippen molar-refractivity contribution in [2.45, 2.75) is 32.4 Å². The molecule has 1 saturated heterocycles. The summed E-state index contributed by atoms with van der Waals surface area (Å²) < 4.78 is 7.88. The maximum absolute atomic E-state index is 5.86. The third-order valence-electron chi connectivity index (χ3n) is 4.21. The summed E-state index contributed by atoms with van der Waals surface area (Å²) in [6, 6.07) is 4.31. The van der Waals surface area contributed by atoms with Crippen molar-refractivity contribution in [3.05, 3.63) is 42.5 Å². The van der Waals surface area contributed by atoms with Crippen LogP contribution in [0.4, 0.5) is 0 Å². The van der Waals surface area contributed by atoms with Crippen LogP contribution in [-0.2, 0) is 4.74 Å². The maximum Gasteiger partial charge on any atom is 0.150 e. The number of rotatable bonds is 2. The standard InChI is InChI=1S/C17H18N4O/c1-12-8-16-13(9-14(12)15-11-18-5-6-19-15)10-20-21(16)17-4-2-3-7-22-17/h5-6,8-11,17H,2-4,7H2,1H3. The van der Waals surface area contributed by atoms with E-state index in [4.69, 9.17) is 4.74 Å². The average Bonchev–Trinajstić information content (AvgIpc) is 2.98. The van der Waals surface area contributed by atoms with Gasteiger partial charge in [-0.15, -0.1) is 0 Å². The van der Waals surface area contributed by atoms with Gasteiger partial charge < -0.3 is 4.74 Å². The first-order chi connectivity index (χ1) is 10.8. The lowest BCUT2D eigenvalue weighted by molar-refractivity contribution is -0.0366. The average molecular weight is 294 g/mol. The van der Waals surface area contributed by atoms with Crippen molar-refractivity contribution < 1.29 is 4.74 Å². The predicted molar refractivity (Wildman–Crippen MR) is 84.3 cm³/mol. The molecule has 3 heterocycles. The van der Waals surface area contributed by atoms with Crippen molar-refractivity contribution in [1.82, 2.24) is 19.7 Å². The summed E-state index contributed by atoms with van der Waals surface area (Å²) in [7, 11) is 0. The lowest BCUT2D eigenvalue weighted by atomic mass is 10.0. The molecule has 0 bridgehead atoms. The summed E-state index contributed by atoms with van der Waals surface area (Å²) in [4.78, 5) is 8.56. The fourth-order valence-electron chi connectivity index (χ4n) is 3.06. The van der Waals surface area contributed by atoms with E-state index >= 15 is 0 Å². The second kappa shape index (κ2) is 5.50. The lowest BCUT2D eigenvalue weighted by Gasteiger charge is -2.23. The number of fused-ring (bicyclic) bond motifs is 1. The van der Waals surface area contributed by atoms with Crippen LogP contribution >= 0.6 is 0 Å². The summed E-state index contributed by atoms with van der Waals surface area (Å²) in [6.07, 6.45) is 10.5. The molecule has 1 aromatic carbocycles. The number of benzene rings is 1. The van der Waals surface area contributed by atoms with E-state index in [0.29, 0.717) is 0 Å². The van der Waals surface area contributed by atoms with Crippen molar-refractivity contribution in [3.63, 3.8) is 0 Å². The zero-order chi connectivity index (χ0) is 14.9. The minimum Gasteiger partial charge on any atom is -0.356 e. The first kappa shape index (κ1) is 13.4. The quantitative estimate of drug-likeness (QED) is 0.726. The van der Waals surface area contributed by atoms with Gasteiger partial charge in [0.15, 0.2) is 6.23 Å². The first-order valence-corrected chi connectivity index (χ1v) is 7.69. The van der Waals surface area contributed by atoms with Crippen molar-refractivity contribution in [2.75, 3.05) is 6.61 Å². The molecule has 112 valence electrons. The number of nitrogens with zero attached hydrogens (tertiary/aromatic N) is 4. The Morgan fingerprint density at radius 1 is 1.18 bits per heavy atom. The van der Waals surface area contributed by atoms with Gasteiger partial charge in [-0.25, -0.2) is 4.68 Å². The Hall–Kier alpha value is -2.27. The molecule has 0 N–H and O–H groups in total. The van der Waals surface area contributed by atoms with Gasteiger partial charge in [0, 0.05) is 30.0 Å². The predicted octanol–water partition coefficient (Wildman–Crippen LogP) is 3.50. The Morgan fingerprint density at radius 2 is 2.14 bits per heavy atom. The van der Waals surface area contributed by atoms with Gasteiger partial charge in [-0.3, -0.25) is 9.97 Å². The molecule has 3 aromatic rings. The van der Waals surface area contributed by atoms with E-state index in [2.05, 4.69) is 34.1 Å². The van der Waals surface area contributed by atoms with Crippen LogP contribution in [0, 0.1) is 6.92 Å². The fraction of sp³-hybridized carbons (Fsp3) is 0.353. The van der Waals surface area contributed by atoms with E-state index in [0.717, 1.165) is 41.6 Å². The molecule has 4 rings (SSSR count). The Labute approximate surface area is 129 Å². The van der Waals surface area contributed by atoms with Crippen LogP contribution in [0.5, 0.6) is 0 Å². The highest BCUT2D eigenvalue weighted by Gasteiger charge is 2.19. The zero-order valence-electron chi connectivity index (χ0n) is 12.6. The summed E-state index contributed by atoms with van der Waals surface area (Å²) in [5.74, 6) is 0. The topological polar surface area (TPSA) is 52.8 Å². The Bertz CT molecular complexity index is 791. The highest BCUT2D eigenvalue weighted by molar-refractivity contribution is 5.85. The summed E-state index contributed by atoms with van der Waals surface area (Å²) >= 11 is 0. The van der Waals surface area contributed by atoms with Crippen molar-refractivity contribution in [3.8, 4) is 11.3 Å². The van der Waals surface area contributed by atoms with Gasteiger partial charge in [-0.05, 0) is 43.9 Å². The number of hydrogen-bond acceptors (Lipinski definition) is 4. The number of ether oxygens (including phenoxy) is 1. The first-order valence-electron chi connectivity index (χ1n) is 7.69. The van der Waals surface area contributed by atoms with E-state index in [1.165, 1.54) is 12.0 Å². The molecule has 0 radical (unpaired) electrons. The van der Waals surface area contributed by atoms with E-state index in [1.54, 1.807) is 18.6 Å². The van der Waals surface area contributed by atoms with E-state index in [9.17, 15) is 0 Å². The molecule has 0 spiro atoms. The van der Waals surface area contributed by atoms with Gasteiger partial charge in [0.2, 0.25) is 0 Å². The van der Waals surface area contributed by atoms with Crippen LogP contribution in [0.15, 0.2) is 36.9 Å². The highest BCUT2D eigenvalue weighted by Crippen LogP contribution is 2.30. The number of aryl methyl sites for hydroxylation is 1. The molecule has 1 fully saturated rings. The Kier molecular flexibility index (Phi) is 3.35. The summed E-state index contributed by atoms with van der Waals surface area (Å²) in [6.45, 7) is 2.92. The maximum atomic E-state index is 5.86. The second-order valence-electron chi connectivity index (χ2n) is 5.73. The minimum absolute atomic E-state index is 0.0630. The molecular weight excluding hydrogens is 276 g/mol. The second-order valence-corrected chi connectivity index (χ2v) is 5.73. The van der Waals surface area contributed by atoms with E-state index < -0.39 is 0 Å².